The van der Waals surface area contributed by atoms with Crippen LogP contribution in [-0.4, -0.2) is 19.8 Å². The molecule has 1 unspecified atom stereocenters. The molecule has 1 aromatic rings. The maximum Gasteiger partial charge on any atom is 0.161 e. The van der Waals surface area contributed by atoms with Gasteiger partial charge in [-0.15, -0.1) is 0 Å². The molecule has 1 heterocycles. The normalized spacial score (nSPS) is 15.4. The first kappa shape index (κ1) is 13.2. The highest BCUT2D eigenvalue weighted by Crippen LogP contribution is 2.32. The zero-order chi connectivity index (χ0) is 12.8. The van der Waals surface area contributed by atoms with E-state index in [-0.39, 0.29) is 0 Å². The predicted molar refractivity (Wildman–Crippen MR) is 73.4 cm³/mol. The number of ether oxygens (including phenoxy) is 2. The molecule has 18 heavy (non-hydrogen) atoms. The van der Waals surface area contributed by atoms with E-state index in [4.69, 9.17) is 9.47 Å². The van der Waals surface area contributed by atoms with E-state index < -0.39 is 0 Å². The van der Waals surface area contributed by atoms with Crippen molar-refractivity contribution in [1.29, 1.82) is 0 Å². The highest BCUT2D eigenvalue weighted by molar-refractivity contribution is 5.44. The second kappa shape index (κ2) is 6.64. The van der Waals surface area contributed by atoms with Crippen LogP contribution in [0, 0.1) is 0 Å². The van der Waals surface area contributed by atoms with E-state index in [1.807, 2.05) is 6.07 Å². The molecular weight excluding hydrogens is 226 g/mol. The van der Waals surface area contributed by atoms with Crippen molar-refractivity contribution >= 4 is 0 Å². The third-order valence-corrected chi connectivity index (χ3v) is 3.30. The first-order chi connectivity index (χ1) is 8.81. The Hall–Kier alpha value is -1.22. The van der Waals surface area contributed by atoms with E-state index in [1.54, 1.807) is 0 Å². The molecule has 1 N–H and O–H groups in total. The lowest BCUT2D eigenvalue weighted by atomic mass is 10.1. The highest BCUT2D eigenvalue weighted by Gasteiger charge is 2.13. The van der Waals surface area contributed by atoms with Gasteiger partial charge in [0.1, 0.15) is 13.2 Å². The first-order valence-corrected chi connectivity index (χ1v) is 6.94. The average Bonchev–Trinajstić information content (AvgIpc) is 2.43. The zero-order valence-electron chi connectivity index (χ0n) is 11.4. The minimum absolute atomic E-state index is 0.359. The van der Waals surface area contributed by atoms with Gasteiger partial charge < -0.3 is 14.8 Å². The smallest absolute Gasteiger partial charge is 0.161 e. The predicted octanol–water partition coefficient (Wildman–Crippen LogP) is 3.30. The largest absolute Gasteiger partial charge is 0.486 e. The number of nitrogens with one attached hydrogen (secondary N) is 1. The number of hydrogen-bond donors (Lipinski definition) is 1. The lowest BCUT2D eigenvalue weighted by Gasteiger charge is -2.21. The Morgan fingerprint density at radius 2 is 1.94 bits per heavy atom. The molecule has 1 aliphatic rings. The Balaban J connectivity index is 1.91. The fourth-order valence-electron chi connectivity index (χ4n) is 2.14. The van der Waals surface area contributed by atoms with Gasteiger partial charge in [-0.05, 0) is 37.6 Å². The van der Waals surface area contributed by atoms with Crippen LogP contribution in [0.1, 0.15) is 44.7 Å². The van der Waals surface area contributed by atoms with E-state index in [0.717, 1.165) is 18.0 Å². The Morgan fingerprint density at radius 3 is 2.72 bits per heavy atom. The van der Waals surface area contributed by atoms with Crippen LogP contribution in [0.2, 0.25) is 0 Å². The van der Waals surface area contributed by atoms with Crippen LogP contribution in [0.5, 0.6) is 11.5 Å². The van der Waals surface area contributed by atoms with E-state index >= 15 is 0 Å². The Labute approximate surface area is 109 Å². The molecule has 0 fully saturated rings. The molecule has 2 rings (SSSR count). The fourth-order valence-corrected chi connectivity index (χ4v) is 2.14. The van der Waals surface area contributed by atoms with Crippen molar-refractivity contribution in [2.75, 3.05) is 19.8 Å². The SMILES string of the molecule is CCCCCNC(C)c1ccc2c(c1)OCCO2. The summed E-state index contributed by atoms with van der Waals surface area (Å²) in [6.45, 7) is 6.79. The van der Waals surface area contributed by atoms with E-state index in [9.17, 15) is 0 Å². The lowest BCUT2D eigenvalue weighted by Crippen LogP contribution is -2.20. The van der Waals surface area contributed by atoms with Gasteiger partial charge in [-0.3, -0.25) is 0 Å². The standard InChI is InChI=1S/C15H23NO2/c1-3-4-5-8-16-12(2)13-6-7-14-15(11-13)18-10-9-17-14/h6-7,11-12,16H,3-5,8-10H2,1-2H3. The van der Waals surface area contributed by atoms with Crippen molar-refractivity contribution in [3.63, 3.8) is 0 Å². The summed E-state index contributed by atoms with van der Waals surface area (Å²) < 4.78 is 11.1. The number of unbranched alkanes of at least 4 members (excludes halogenated alkanes) is 2. The summed E-state index contributed by atoms with van der Waals surface area (Å²) in [6.07, 6.45) is 3.80. The van der Waals surface area contributed by atoms with Crippen molar-refractivity contribution in [3.8, 4) is 11.5 Å². The molecule has 0 aromatic heterocycles. The topological polar surface area (TPSA) is 30.5 Å². The summed E-state index contributed by atoms with van der Waals surface area (Å²) in [5.41, 5.74) is 1.26. The summed E-state index contributed by atoms with van der Waals surface area (Å²) in [5.74, 6) is 1.74. The summed E-state index contributed by atoms with van der Waals surface area (Å²) in [7, 11) is 0. The maximum absolute atomic E-state index is 5.60. The quantitative estimate of drug-likeness (QED) is 0.785. The van der Waals surface area contributed by atoms with Crippen LogP contribution in [0.25, 0.3) is 0 Å². The van der Waals surface area contributed by atoms with Crippen LogP contribution in [0.15, 0.2) is 18.2 Å². The van der Waals surface area contributed by atoms with Crippen LogP contribution >= 0.6 is 0 Å². The summed E-state index contributed by atoms with van der Waals surface area (Å²) in [6, 6.07) is 6.57. The van der Waals surface area contributed by atoms with Gasteiger partial charge >= 0.3 is 0 Å². The number of rotatable bonds is 6. The Morgan fingerprint density at radius 1 is 1.17 bits per heavy atom. The monoisotopic (exact) mass is 249 g/mol. The Bertz CT molecular complexity index is 379. The molecule has 0 saturated heterocycles. The van der Waals surface area contributed by atoms with Crippen molar-refractivity contribution in [2.24, 2.45) is 0 Å². The zero-order valence-corrected chi connectivity index (χ0v) is 11.4. The van der Waals surface area contributed by atoms with Gasteiger partial charge in [0.25, 0.3) is 0 Å². The van der Waals surface area contributed by atoms with Gasteiger partial charge in [0.05, 0.1) is 0 Å². The summed E-state index contributed by atoms with van der Waals surface area (Å²) in [5, 5.41) is 3.54. The molecular formula is C15H23NO2. The Kier molecular flexibility index (Phi) is 4.88. The summed E-state index contributed by atoms with van der Waals surface area (Å²) in [4.78, 5) is 0. The molecule has 0 spiro atoms. The van der Waals surface area contributed by atoms with Gasteiger partial charge in [-0.2, -0.15) is 0 Å². The average molecular weight is 249 g/mol. The van der Waals surface area contributed by atoms with E-state index in [2.05, 4.69) is 31.3 Å². The molecule has 3 heteroatoms. The molecule has 1 atom stereocenters. The van der Waals surface area contributed by atoms with Crippen molar-refractivity contribution in [3.05, 3.63) is 23.8 Å². The van der Waals surface area contributed by atoms with E-state index in [1.165, 1.54) is 24.8 Å². The highest BCUT2D eigenvalue weighted by atomic mass is 16.6. The molecule has 0 saturated carbocycles. The number of fused-ring (bicyclic) bond motifs is 1. The van der Waals surface area contributed by atoms with Gasteiger partial charge in [-0.25, -0.2) is 0 Å². The molecule has 1 aliphatic heterocycles. The molecule has 0 amide bonds. The van der Waals surface area contributed by atoms with E-state index in [0.29, 0.717) is 19.3 Å². The molecule has 1 aromatic carbocycles. The van der Waals surface area contributed by atoms with Crippen LogP contribution < -0.4 is 14.8 Å². The van der Waals surface area contributed by atoms with Crippen molar-refractivity contribution in [1.82, 2.24) is 5.32 Å². The minimum atomic E-state index is 0.359. The molecule has 100 valence electrons. The second-order valence-electron chi connectivity index (χ2n) is 4.79. The third-order valence-electron chi connectivity index (χ3n) is 3.30. The number of benzene rings is 1. The molecule has 0 aliphatic carbocycles. The van der Waals surface area contributed by atoms with Crippen LogP contribution in [0.4, 0.5) is 0 Å². The fraction of sp³-hybridized carbons (Fsp3) is 0.600. The minimum Gasteiger partial charge on any atom is -0.486 e. The first-order valence-electron chi connectivity index (χ1n) is 6.94. The molecule has 0 bridgehead atoms. The molecule has 3 nitrogen and oxygen atoms in total. The van der Waals surface area contributed by atoms with Crippen LogP contribution in [0.3, 0.4) is 0 Å². The van der Waals surface area contributed by atoms with Crippen LogP contribution in [-0.2, 0) is 0 Å². The van der Waals surface area contributed by atoms with Gasteiger partial charge in [0.15, 0.2) is 11.5 Å². The van der Waals surface area contributed by atoms with Gasteiger partial charge in [0, 0.05) is 6.04 Å². The summed E-state index contributed by atoms with van der Waals surface area (Å²) >= 11 is 0. The third kappa shape index (κ3) is 3.39. The van der Waals surface area contributed by atoms with Gasteiger partial charge in [-0.1, -0.05) is 25.8 Å². The lowest BCUT2D eigenvalue weighted by molar-refractivity contribution is 0.171. The second-order valence-corrected chi connectivity index (χ2v) is 4.79. The molecule has 0 radical (unpaired) electrons. The van der Waals surface area contributed by atoms with Gasteiger partial charge in [0.2, 0.25) is 0 Å². The number of hydrogen-bond acceptors (Lipinski definition) is 3. The van der Waals surface area contributed by atoms with Crippen molar-refractivity contribution in [2.45, 2.75) is 39.2 Å². The van der Waals surface area contributed by atoms with Crippen molar-refractivity contribution < 1.29 is 9.47 Å². The maximum atomic E-state index is 5.60.